The molecule has 0 aromatic heterocycles. The molecule has 1 amide bonds. The summed E-state index contributed by atoms with van der Waals surface area (Å²) in [5.41, 5.74) is 5.14. The highest BCUT2D eigenvalue weighted by Gasteiger charge is 2.47. The molecule has 1 saturated carbocycles. The van der Waals surface area contributed by atoms with Gasteiger partial charge in [-0.15, -0.1) is 0 Å². The lowest BCUT2D eigenvalue weighted by Crippen LogP contribution is -2.55. The van der Waals surface area contributed by atoms with Gasteiger partial charge in [0.1, 0.15) is 0 Å². The maximum Gasteiger partial charge on any atom is 0.233 e. The van der Waals surface area contributed by atoms with E-state index >= 15 is 0 Å². The van der Waals surface area contributed by atoms with Crippen LogP contribution in [-0.4, -0.2) is 30.2 Å². The van der Waals surface area contributed by atoms with Crippen LogP contribution < -0.4 is 11.1 Å². The third-order valence-corrected chi connectivity index (χ3v) is 4.06. The molecule has 1 saturated heterocycles. The minimum absolute atomic E-state index is 0.0261. The van der Waals surface area contributed by atoms with Crippen LogP contribution in [0.25, 0.3) is 0 Å². The van der Waals surface area contributed by atoms with Gasteiger partial charge in [-0.2, -0.15) is 0 Å². The van der Waals surface area contributed by atoms with Crippen molar-refractivity contribution in [3.8, 4) is 0 Å². The van der Waals surface area contributed by atoms with E-state index in [0.29, 0.717) is 4.99 Å². The summed E-state index contributed by atoms with van der Waals surface area (Å²) in [6, 6.07) is 0.230. The van der Waals surface area contributed by atoms with Gasteiger partial charge in [0.2, 0.25) is 5.91 Å². The Bertz CT molecular complexity index is 296. The topological polar surface area (TPSA) is 64.4 Å². The van der Waals surface area contributed by atoms with Gasteiger partial charge in [0.15, 0.2) is 0 Å². The van der Waals surface area contributed by atoms with Gasteiger partial charge < -0.3 is 15.8 Å². The Labute approximate surface area is 101 Å². The summed E-state index contributed by atoms with van der Waals surface area (Å²) in [6.45, 7) is 1.45. The number of nitrogens with one attached hydrogen (secondary N) is 1. The molecule has 1 heterocycles. The first-order chi connectivity index (χ1) is 7.65. The molecular formula is C11H18N2O2S. The average molecular weight is 242 g/mol. The molecule has 90 valence electrons. The molecule has 16 heavy (non-hydrogen) atoms. The minimum Gasteiger partial charge on any atom is -0.392 e. The summed E-state index contributed by atoms with van der Waals surface area (Å²) in [4.78, 5) is 12.5. The van der Waals surface area contributed by atoms with Crippen molar-refractivity contribution in [1.29, 1.82) is 0 Å². The van der Waals surface area contributed by atoms with Crippen molar-refractivity contribution in [1.82, 2.24) is 5.32 Å². The molecule has 0 spiro atoms. The smallest absolute Gasteiger partial charge is 0.233 e. The zero-order valence-corrected chi connectivity index (χ0v) is 10.1. The van der Waals surface area contributed by atoms with Gasteiger partial charge in [-0.05, 0) is 25.7 Å². The van der Waals surface area contributed by atoms with Crippen LogP contribution in [-0.2, 0) is 9.53 Å². The van der Waals surface area contributed by atoms with E-state index in [0.717, 1.165) is 45.3 Å². The maximum absolute atomic E-state index is 12.1. The van der Waals surface area contributed by atoms with Crippen LogP contribution >= 0.6 is 12.2 Å². The second-order valence-corrected chi connectivity index (χ2v) is 5.10. The van der Waals surface area contributed by atoms with Crippen molar-refractivity contribution in [3.63, 3.8) is 0 Å². The van der Waals surface area contributed by atoms with Crippen molar-refractivity contribution >= 4 is 23.1 Å². The highest BCUT2D eigenvalue weighted by Crippen LogP contribution is 2.41. The second kappa shape index (κ2) is 4.67. The number of carbonyl (C=O) groups is 1. The van der Waals surface area contributed by atoms with Crippen LogP contribution in [0.4, 0.5) is 0 Å². The van der Waals surface area contributed by atoms with Crippen molar-refractivity contribution < 1.29 is 9.53 Å². The standard InChI is InChI=1S/C11H18N2O2S/c12-9(16)11(4-1-5-11)10(14)13-8-2-6-15-7-3-8/h8H,1-7H2,(H2,12,16)(H,13,14). The molecule has 5 heteroatoms. The third kappa shape index (κ3) is 2.06. The molecule has 0 unspecified atom stereocenters. The summed E-state index contributed by atoms with van der Waals surface area (Å²) in [7, 11) is 0. The Hall–Kier alpha value is -0.680. The fourth-order valence-electron chi connectivity index (χ4n) is 2.28. The lowest BCUT2D eigenvalue weighted by atomic mass is 9.68. The number of ether oxygens (including phenoxy) is 1. The first kappa shape index (κ1) is 11.8. The monoisotopic (exact) mass is 242 g/mol. The average Bonchev–Trinajstić information content (AvgIpc) is 2.16. The van der Waals surface area contributed by atoms with Crippen molar-refractivity contribution in [3.05, 3.63) is 0 Å². The van der Waals surface area contributed by atoms with Crippen LogP contribution in [0.5, 0.6) is 0 Å². The summed E-state index contributed by atoms with van der Waals surface area (Å²) in [5, 5.41) is 3.06. The Morgan fingerprint density at radius 3 is 2.44 bits per heavy atom. The molecule has 2 rings (SSSR count). The van der Waals surface area contributed by atoms with Crippen molar-refractivity contribution in [2.24, 2.45) is 11.1 Å². The van der Waals surface area contributed by atoms with E-state index in [9.17, 15) is 4.79 Å². The molecule has 2 aliphatic rings. The Morgan fingerprint density at radius 2 is 2.00 bits per heavy atom. The first-order valence-corrected chi connectivity index (χ1v) is 6.24. The van der Waals surface area contributed by atoms with Crippen LogP contribution in [0.1, 0.15) is 32.1 Å². The van der Waals surface area contributed by atoms with Crippen LogP contribution in [0.2, 0.25) is 0 Å². The first-order valence-electron chi connectivity index (χ1n) is 5.84. The molecule has 0 aromatic carbocycles. The van der Waals surface area contributed by atoms with Crippen LogP contribution in [0.3, 0.4) is 0 Å². The normalized spacial score (nSPS) is 24.5. The lowest BCUT2D eigenvalue weighted by molar-refractivity contribution is -0.132. The molecule has 2 fully saturated rings. The second-order valence-electron chi connectivity index (χ2n) is 4.66. The molecule has 4 nitrogen and oxygen atoms in total. The summed E-state index contributed by atoms with van der Waals surface area (Å²) in [6.07, 6.45) is 4.42. The number of nitrogens with two attached hydrogens (primary N) is 1. The molecule has 1 aliphatic carbocycles. The zero-order valence-electron chi connectivity index (χ0n) is 9.33. The van der Waals surface area contributed by atoms with Gasteiger partial charge in [0, 0.05) is 19.3 Å². The van der Waals surface area contributed by atoms with Crippen LogP contribution in [0, 0.1) is 5.41 Å². The summed E-state index contributed by atoms with van der Waals surface area (Å²) in [5.74, 6) is 0.0261. The number of thiocarbonyl (C=S) groups is 1. The van der Waals surface area contributed by atoms with E-state index in [2.05, 4.69) is 5.32 Å². The predicted molar refractivity (Wildman–Crippen MR) is 65.1 cm³/mol. The minimum atomic E-state index is -0.548. The van der Waals surface area contributed by atoms with E-state index in [1.165, 1.54) is 0 Å². The molecule has 1 aliphatic heterocycles. The third-order valence-electron chi connectivity index (χ3n) is 3.67. The van der Waals surface area contributed by atoms with Gasteiger partial charge in [-0.25, -0.2) is 0 Å². The van der Waals surface area contributed by atoms with Gasteiger partial charge in [0.05, 0.1) is 10.4 Å². The van der Waals surface area contributed by atoms with Gasteiger partial charge in [0.25, 0.3) is 0 Å². The molecule has 0 radical (unpaired) electrons. The summed E-state index contributed by atoms with van der Waals surface area (Å²) >= 11 is 5.02. The Kier molecular flexibility index (Phi) is 3.44. The summed E-state index contributed by atoms with van der Waals surface area (Å²) < 4.78 is 5.25. The van der Waals surface area contributed by atoms with Gasteiger partial charge >= 0.3 is 0 Å². The van der Waals surface area contributed by atoms with E-state index in [1.807, 2.05) is 0 Å². The van der Waals surface area contributed by atoms with E-state index < -0.39 is 5.41 Å². The Morgan fingerprint density at radius 1 is 1.38 bits per heavy atom. The number of amides is 1. The fourth-order valence-corrected chi connectivity index (χ4v) is 2.58. The molecule has 0 atom stereocenters. The Balaban J connectivity index is 1.93. The maximum atomic E-state index is 12.1. The molecule has 0 aromatic rings. The van der Waals surface area contributed by atoms with Gasteiger partial charge in [-0.1, -0.05) is 18.6 Å². The van der Waals surface area contributed by atoms with E-state index in [-0.39, 0.29) is 11.9 Å². The molecule has 0 bridgehead atoms. The zero-order chi connectivity index (χ0) is 11.6. The van der Waals surface area contributed by atoms with Crippen molar-refractivity contribution in [2.75, 3.05) is 13.2 Å². The van der Waals surface area contributed by atoms with Gasteiger partial charge in [-0.3, -0.25) is 4.79 Å². The fraction of sp³-hybridized carbons (Fsp3) is 0.818. The quantitative estimate of drug-likeness (QED) is 0.716. The highest BCUT2D eigenvalue weighted by atomic mass is 32.1. The molecule has 3 N–H and O–H groups in total. The molecular weight excluding hydrogens is 224 g/mol. The largest absolute Gasteiger partial charge is 0.392 e. The lowest BCUT2D eigenvalue weighted by Gasteiger charge is -2.40. The number of carbonyl (C=O) groups excluding carboxylic acids is 1. The number of rotatable bonds is 3. The van der Waals surface area contributed by atoms with Crippen LogP contribution in [0.15, 0.2) is 0 Å². The SMILES string of the molecule is NC(=S)C1(C(=O)NC2CCOCC2)CCC1. The highest BCUT2D eigenvalue weighted by molar-refractivity contribution is 7.80. The van der Waals surface area contributed by atoms with E-state index in [1.54, 1.807) is 0 Å². The van der Waals surface area contributed by atoms with E-state index in [4.69, 9.17) is 22.7 Å². The van der Waals surface area contributed by atoms with Crippen molar-refractivity contribution in [2.45, 2.75) is 38.1 Å². The number of hydrogen-bond acceptors (Lipinski definition) is 3. The number of hydrogen-bond donors (Lipinski definition) is 2. The predicted octanol–water partition coefficient (Wildman–Crippen LogP) is 0.738.